The smallest absolute Gasteiger partial charge is 0.126 e. The number of aromatic hydroxyl groups is 3. The van der Waals surface area contributed by atoms with E-state index in [0.29, 0.717) is 11.3 Å². The molecule has 0 heterocycles. The number of methoxy groups -OCH3 is 1. The summed E-state index contributed by atoms with van der Waals surface area (Å²) in [7, 11) is 1.58. The second kappa shape index (κ2) is 7.47. The topological polar surface area (TPSA) is 69.9 Å². The fourth-order valence-electron chi connectivity index (χ4n) is 3.75. The quantitative estimate of drug-likeness (QED) is 0.544. The third kappa shape index (κ3) is 3.38. The van der Waals surface area contributed by atoms with E-state index < -0.39 is 0 Å². The standard InChI is InChI=1S/C24H26O4/c1-13-11-20(26)15(3)9-17(13)23(18-10-16(4)21(27)12-14(18)2)24-19(25)7-6-8-22(24)28-5/h6-12,23,25-27H,1-5H3. The van der Waals surface area contributed by atoms with E-state index in [1.807, 2.05) is 45.9 Å². The minimum atomic E-state index is -0.324. The van der Waals surface area contributed by atoms with E-state index in [1.54, 1.807) is 31.4 Å². The third-order valence-corrected chi connectivity index (χ3v) is 5.34. The Balaban J connectivity index is 2.40. The van der Waals surface area contributed by atoms with Crippen LogP contribution in [-0.2, 0) is 0 Å². The molecule has 0 unspecified atom stereocenters. The molecule has 0 radical (unpaired) electrons. The van der Waals surface area contributed by atoms with Crippen LogP contribution in [0.2, 0.25) is 0 Å². The number of phenols is 3. The zero-order valence-electron chi connectivity index (χ0n) is 16.9. The molecule has 0 bridgehead atoms. The lowest BCUT2D eigenvalue weighted by atomic mass is 9.79. The second-order valence-electron chi connectivity index (χ2n) is 7.32. The fraction of sp³-hybridized carbons (Fsp3) is 0.250. The second-order valence-corrected chi connectivity index (χ2v) is 7.32. The van der Waals surface area contributed by atoms with Crippen LogP contribution in [0, 0.1) is 27.7 Å². The molecule has 4 heteroatoms. The molecule has 3 rings (SSSR count). The van der Waals surface area contributed by atoms with Crippen LogP contribution < -0.4 is 4.74 Å². The minimum absolute atomic E-state index is 0.139. The summed E-state index contributed by atoms with van der Waals surface area (Å²) in [6.07, 6.45) is 0. The number of ether oxygens (including phenoxy) is 1. The first-order valence-electron chi connectivity index (χ1n) is 9.20. The van der Waals surface area contributed by atoms with Crippen LogP contribution in [0.15, 0.2) is 42.5 Å². The summed E-state index contributed by atoms with van der Waals surface area (Å²) in [5, 5.41) is 31.0. The number of hydrogen-bond acceptors (Lipinski definition) is 4. The summed E-state index contributed by atoms with van der Waals surface area (Å²) in [5.74, 6) is 0.875. The highest BCUT2D eigenvalue weighted by Gasteiger charge is 2.27. The maximum absolute atomic E-state index is 10.8. The molecule has 0 aliphatic heterocycles. The maximum Gasteiger partial charge on any atom is 0.126 e. The highest BCUT2D eigenvalue weighted by molar-refractivity contribution is 5.60. The summed E-state index contributed by atoms with van der Waals surface area (Å²) >= 11 is 0. The van der Waals surface area contributed by atoms with Crippen molar-refractivity contribution in [1.82, 2.24) is 0 Å². The first kappa shape index (κ1) is 19.6. The van der Waals surface area contributed by atoms with Crippen LogP contribution in [0.1, 0.15) is 44.9 Å². The highest BCUT2D eigenvalue weighted by atomic mass is 16.5. The van der Waals surface area contributed by atoms with Gasteiger partial charge in [-0.15, -0.1) is 0 Å². The summed E-state index contributed by atoms with van der Waals surface area (Å²) in [5.41, 5.74) is 5.91. The summed E-state index contributed by atoms with van der Waals surface area (Å²) in [6.45, 7) is 7.59. The van der Waals surface area contributed by atoms with Gasteiger partial charge in [-0.25, -0.2) is 0 Å². The Morgan fingerprint density at radius 1 is 0.679 bits per heavy atom. The predicted molar refractivity (Wildman–Crippen MR) is 111 cm³/mol. The average Bonchev–Trinajstić information content (AvgIpc) is 2.64. The fourth-order valence-corrected chi connectivity index (χ4v) is 3.75. The van der Waals surface area contributed by atoms with E-state index in [0.717, 1.165) is 33.4 Å². The van der Waals surface area contributed by atoms with Crippen molar-refractivity contribution >= 4 is 0 Å². The van der Waals surface area contributed by atoms with Crippen molar-refractivity contribution in [3.8, 4) is 23.0 Å². The van der Waals surface area contributed by atoms with E-state index >= 15 is 0 Å². The zero-order chi connectivity index (χ0) is 20.6. The van der Waals surface area contributed by atoms with E-state index in [1.165, 1.54) is 0 Å². The van der Waals surface area contributed by atoms with E-state index in [-0.39, 0.29) is 23.2 Å². The molecule has 0 fully saturated rings. The Bertz CT molecular complexity index is 980. The van der Waals surface area contributed by atoms with Crippen LogP contribution in [0.4, 0.5) is 0 Å². The summed E-state index contributed by atoms with van der Waals surface area (Å²) in [4.78, 5) is 0. The van der Waals surface area contributed by atoms with Gasteiger partial charge in [0, 0.05) is 11.5 Å². The molecule has 0 aliphatic carbocycles. The monoisotopic (exact) mass is 378 g/mol. The van der Waals surface area contributed by atoms with Gasteiger partial charge in [-0.05, 0) is 85.3 Å². The molecule has 28 heavy (non-hydrogen) atoms. The first-order chi connectivity index (χ1) is 13.2. The van der Waals surface area contributed by atoms with Gasteiger partial charge in [0.05, 0.1) is 7.11 Å². The summed E-state index contributed by atoms with van der Waals surface area (Å²) in [6, 6.07) is 12.6. The Kier molecular flexibility index (Phi) is 5.23. The van der Waals surface area contributed by atoms with Gasteiger partial charge in [-0.1, -0.05) is 18.2 Å². The Labute approximate surface area is 165 Å². The number of aryl methyl sites for hydroxylation is 4. The van der Waals surface area contributed by atoms with Crippen LogP contribution >= 0.6 is 0 Å². The molecule has 0 saturated carbocycles. The van der Waals surface area contributed by atoms with Crippen LogP contribution in [0.5, 0.6) is 23.0 Å². The van der Waals surface area contributed by atoms with Gasteiger partial charge in [0.15, 0.2) is 0 Å². The Hall–Kier alpha value is -3.14. The van der Waals surface area contributed by atoms with Crippen LogP contribution in [-0.4, -0.2) is 22.4 Å². The van der Waals surface area contributed by atoms with Crippen molar-refractivity contribution in [2.45, 2.75) is 33.6 Å². The first-order valence-corrected chi connectivity index (χ1v) is 9.20. The number of benzene rings is 3. The minimum Gasteiger partial charge on any atom is -0.508 e. The lowest BCUT2D eigenvalue weighted by Gasteiger charge is -2.26. The van der Waals surface area contributed by atoms with Gasteiger partial charge in [0.25, 0.3) is 0 Å². The molecule has 146 valence electrons. The van der Waals surface area contributed by atoms with Crippen molar-refractivity contribution in [3.05, 3.63) is 81.4 Å². The number of phenolic OH excluding ortho intramolecular Hbond substituents is 3. The molecule has 0 spiro atoms. The van der Waals surface area contributed by atoms with E-state index in [9.17, 15) is 15.3 Å². The molecule has 4 nitrogen and oxygen atoms in total. The van der Waals surface area contributed by atoms with Crippen molar-refractivity contribution in [2.75, 3.05) is 7.11 Å². The number of hydrogen-bond donors (Lipinski definition) is 3. The molecule has 3 N–H and O–H groups in total. The van der Waals surface area contributed by atoms with E-state index in [4.69, 9.17) is 4.74 Å². The van der Waals surface area contributed by atoms with Crippen LogP contribution in [0.3, 0.4) is 0 Å². The van der Waals surface area contributed by atoms with Gasteiger partial charge in [-0.3, -0.25) is 0 Å². The van der Waals surface area contributed by atoms with Gasteiger partial charge in [-0.2, -0.15) is 0 Å². The van der Waals surface area contributed by atoms with Gasteiger partial charge >= 0.3 is 0 Å². The van der Waals surface area contributed by atoms with Crippen molar-refractivity contribution in [1.29, 1.82) is 0 Å². The Morgan fingerprint density at radius 3 is 1.64 bits per heavy atom. The maximum atomic E-state index is 10.8. The lowest BCUT2D eigenvalue weighted by Crippen LogP contribution is -2.10. The lowest BCUT2D eigenvalue weighted by molar-refractivity contribution is 0.398. The SMILES string of the molecule is COc1cccc(O)c1C(c1cc(C)c(O)cc1C)c1cc(C)c(O)cc1C. The number of rotatable bonds is 4. The van der Waals surface area contributed by atoms with Crippen LogP contribution in [0.25, 0.3) is 0 Å². The van der Waals surface area contributed by atoms with Crippen molar-refractivity contribution < 1.29 is 20.1 Å². The molecule has 3 aromatic carbocycles. The van der Waals surface area contributed by atoms with Gasteiger partial charge < -0.3 is 20.1 Å². The van der Waals surface area contributed by atoms with Crippen molar-refractivity contribution in [3.63, 3.8) is 0 Å². The molecule has 0 atom stereocenters. The molecular formula is C24H26O4. The molecule has 0 saturated heterocycles. The molecule has 0 amide bonds. The largest absolute Gasteiger partial charge is 0.508 e. The van der Waals surface area contributed by atoms with Gasteiger partial charge in [0.1, 0.15) is 23.0 Å². The average molecular weight is 378 g/mol. The molecule has 0 aliphatic rings. The van der Waals surface area contributed by atoms with Gasteiger partial charge in [0.2, 0.25) is 0 Å². The van der Waals surface area contributed by atoms with Crippen molar-refractivity contribution in [2.24, 2.45) is 0 Å². The Morgan fingerprint density at radius 2 is 1.18 bits per heavy atom. The van der Waals surface area contributed by atoms with E-state index in [2.05, 4.69) is 0 Å². The highest BCUT2D eigenvalue weighted by Crippen LogP contribution is 2.45. The zero-order valence-corrected chi connectivity index (χ0v) is 16.9. The summed E-state index contributed by atoms with van der Waals surface area (Å²) < 4.78 is 5.58. The molecular weight excluding hydrogens is 352 g/mol. The normalized spacial score (nSPS) is 11.1. The molecule has 3 aromatic rings. The molecule has 0 aromatic heterocycles. The predicted octanol–water partition coefficient (Wildman–Crippen LogP) is 5.23. The third-order valence-electron chi connectivity index (χ3n) is 5.34.